The van der Waals surface area contributed by atoms with Crippen LogP contribution in [0.4, 0.5) is 5.69 Å². The number of hydrogen-bond donors (Lipinski definition) is 0. The van der Waals surface area contributed by atoms with Crippen molar-refractivity contribution in [3.8, 4) is 0 Å². The Morgan fingerprint density at radius 1 is 1.28 bits per heavy atom. The van der Waals surface area contributed by atoms with E-state index in [0.717, 1.165) is 25.7 Å². The average molecular weight is 348 g/mol. The van der Waals surface area contributed by atoms with Crippen molar-refractivity contribution in [1.29, 1.82) is 0 Å². The molecule has 1 fully saturated rings. The summed E-state index contributed by atoms with van der Waals surface area (Å²) in [5.41, 5.74) is 0.513. The number of nitrogens with zero attached hydrogens (tertiary/aromatic N) is 2. The third-order valence-electron chi connectivity index (χ3n) is 4.73. The molecule has 0 spiro atoms. The minimum atomic E-state index is -0.894. The first-order chi connectivity index (χ1) is 11.8. The van der Waals surface area contributed by atoms with Gasteiger partial charge in [-0.1, -0.05) is 19.3 Å². The van der Waals surface area contributed by atoms with Gasteiger partial charge in [0.25, 0.3) is 11.6 Å². The Kier molecular flexibility index (Phi) is 6.12. The normalized spacial score (nSPS) is 16.1. The molecule has 0 heterocycles. The number of carbonyl (C=O) groups excluding carboxylic acids is 2. The van der Waals surface area contributed by atoms with Crippen molar-refractivity contribution in [2.75, 3.05) is 7.05 Å². The van der Waals surface area contributed by atoms with Gasteiger partial charge in [-0.2, -0.15) is 0 Å². The highest BCUT2D eigenvalue weighted by Gasteiger charge is 2.28. The molecular weight excluding hydrogens is 324 g/mol. The maximum atomic E-state index is 12.5. The Balaban J connectivity index is 2.00. The summed E-state index contributed by atoms with van der Waals surface area (Å²) in [7, 11) is 1.75. The van der Waals surface area contributed by atoms with Gasteiger partial charge in [-0.3, -0.25) is 14.9 Å². The lowest BCUT2D eigenvalue weighted by molar-refractivity contribution is -0.385. The number of carbonyl (C=O) groups is 2. The molecule has 0 saturated heterocycles. The highest BCUT2D eigenvalue weighted by Crippen LogP contribution is 2.23. The van der Waals surface area contributed by atoms with Crippen LogP contribution in [0.3, 0.4) is 0 Å². The number of amides is 1. The summed E-state index contributed by atoms with van der Waals surface area (Å²) in [5.74, 6) is -0.880. The molecule has 25 heavy (non-hydrogen) atoms. The molecule has 0 radical (unpaired) electrons. The fraction of sp³-hybridized carbons (Fsp3) is 0.556. The minimum absolute atomic E-state index is 0.0577. The predicted octanol–water partition coefficient (Wildman–Crippen LogP) is 3.24. The van der Waals surface area contributed by atoms with Gasteiger partial charge in [-0.05, 0) is 38.8 Å². The molecule has 136 valence electrons. The maximum absolute atomic E-state index is 12.5. The van der Waals surface area contributed by atoms with E-state index in [9.17, 15) is 19.7 Å². The third-order valence-corrected chi connectivity index (χ3v) is 4.73. The van der Waals surface area contributed by atoms with Gasteiger partial charge in [0, 0.05) is 24.7 Å². The number of aryl methyl sites for hydroxylation is 1. The number of esters is 1. The number of hydrogen-bond acceptors (Lipinski definition) is 5. The summed E-state index contributed by atoms with van der Waals surface area (Å²) in [6.07, 6.45) is 4.48. The van der Waals surface area contributed by atoms with Gasteiger partial charge < -0.3 is 9.64 Å². The van der Waals surface area contributed by atoms with Crippen LogP contribution in [-0.2, 0) is 9.53 Å². The van der Waals surface area contributed by atoms with E-state index < -0.39 is 17.0 Å². The van der Waals surface area contributed by atoms with Crippen LogP contribution in [-0.4, -0.2) is 40.9 Å². The fourth-order valence-corrected chi connectivity index (χ4v) is 3.20. The SMILES string of the molecule is Cc1cc(C(=O)O[C@H](C)C(=O)N(C)C2CCCCC2)ccc1[N+](=O)[O-]. The summed E-state index contributed by atoms with van der Waals surface area (Å²) < 4.78 is 5.27. The molecule has 1 atom stereocenters. The lowest BCUT2D eigenvalue weighted by Crippen LogP contribution is -2.44. The van der Waals surface area contributed by atoms with E-state index in [-0.39, 0.29) is 23.2 Å². The Labute approximate surface area is 147 Å². The smallest absolute Gasteiger partial charge is 0.338 e. The van der Waals surface area contributed by atoms with Crippen molar-refractivity contribution < 1.29 is 19.2 Å². The first kappa shape index (κ1) is 18.9. The van der Waals surface area contributed by atoms with Crippen LogP contribution in [0, 0.1) is 17.0 Å². The topological polar surface area (TPSA) is 89.8 Å². The quantitative estimate of drug-likeness (QED) is 0.463. The molecule has 1 aliphatic rings. The lowest BCUT2D eigenvalue weighted by Gasteiger charge is -2.32. The first-order valence-electron chi connectivity index (χ1n) is 8.54. The number of likely N-dealkylation sites (N-methyl/N-ethyl adjacent to an activating group) is 1. The molecule has 7 heteroatoms. The van der Waals surface area contributed by atoms with Gasteiger partial charge >= 0.3 is 5.97 Å². The molecule has 0 unspecified atom stereocenters. The van der Waals surface area contributed by atoms with E-state index in [1.807, 2.05) is 0 Å². The van der Waals surface area contributed by atoms with Gasteiger partial charge in [-0.15, -0.1) is 0 Å². The molecule has 1 aromatic carbocycles. The third kappa shape index (κ3) is 4.55. The molecule has 1 amide bonds. The van der Waals surface area contributed by atoms with E-state index in [0.29, 0.717) is 5.56 Å². The van der Waals surface area contributed by atoms with Gasteiger partial charge in [-0.25, -0.2) is 4.79 Å². The highest BCUT2D eigenvalue weighted by molar-refractivity contribution is 5.92. The molecule has 2 rings (SSSR count). The Morgan fingerprint density at radius 2 is 1.92 bits per heavy atom. The van der Waals surface area contributed by atoms with Crippen LogP contribution >= 0.6 is 0 Å². The van der Waals surface area contributed by atoms with E-state index in [4.69, 9.17) is 4.74 Å². The molecule has 0 aromatic heterocycles. The van der Waals surface area contributed by atoms with Crippen molar-refractivity contribution >= 4 is 17.6 Å². The molecule has 0 aliphatic heterocycles. The monoisotopic (exact) mass is 348 g/mol. The molecule has 1 saturated carbocycles. The summed E-state index contributed by atoms with van der Waals surface area (Å²) in [6.45, 7) is 3.11. The van der Waals surface area contributed by atoms with Crippen LogP contribution in [0.2, 0.25) is 0 Å². The Bertz CT molecular complexity index is 667. The zero-order chi connectivity index (χ0) is 18.6. The molecule has 0 N–H and O–H groups in total. The molecule has 7 nitrogen and oxygen atoms in total. The van der Waals surface area contributed by atoms with Crippen LogP contribution in [0.15, 0.2) is 18.2 Å². The fourth-order valence-electron chi connectivity index (χ4n) is 3.20. The summed E-state index contributed by atoms with van der Waals surface area (Å²) in [4.78, 5) is 36.7. The second kappa shape index (κ2) is 8.09. The summed E-state index contributed by atoms with van der Waals surface area (Å²) in [6, 6.07) is 4.22. The van der Waals surface area contributed by atoms with Crippen LogP contribution in [0.1, 0.15) is 54.9 Å². The largest absolute Gasteiger partial charge is 0.449 e. The average Bonchev–Trinajstić information content (AvgIpc) is 2.60. The van der Waals surface area contributed by atoms with Crippen molar-refractivity contribution in [1.82, 2.24) is 4.90 Å². The minimum Gasteiger partial charge on any atom is -0.449 e. The second-order valence-corrected chi connectivity index (χ2v) is 6.55. The van der Waals surface area contributed by atoms with Gasteiger partial charge in [0.2, 0.25) is 0 Å². The zero-order valence-corrected chi connectivity index (χ0v) is 14.9. The number of nitro benzene ring substituents is 1. The summed E-state index contributed by atoms with van der Waals surface area (Å²) in [5, 5.41) is 10.8. The Hall–Kier alpha value is -2.44. The van der Waals surface area contributed by atoms with E-state index in [1.54, 1.807) is 25.8 Å². The number of benzene rings is 1. The first-order valence-corrected chi connectivity index (χ1v) is 8.54. The zero-order valence-electron chi connectivity index (χ0n) is 14.9. The highest BCUT2D eigenvalue weighted by atomic mass is 16.6. The molecule has 1 aromatic rings. The standard InChI is InChI=1S/C18H24N2O5/c1-12-11-14(9-10-16(12)20(23)24)18(22)25-13(2)17(21)19(3)15-7-5-4-6-8-15/h9-11,13,15H,4-8H2,1-3H3/t13-/m1/s1. The van der Waals surface area contributed by atoms with Crippen molar-refractivity contribution in [3.63, 3.8) is 0 Å². The lowest BCUT2D eigenvalue weighted by atomic mass is 9.94. The second-order valence-electron chi connectivity index (χ2n) is 6.55. The summed E-state index contributed by atoms with van der Waals surface area (Å²) >= 11 is 0. The van der Waals surface area contributed by atoms with E-state index in [2.05, 4.69) is 0 Å². The molecule has 1 aliphatic carbocycles. The van der Waals surface area contributed by atoms with E-state index in [1.165, 1.54) is 24.6 Å². The van der Waals surface area contributed by atoms with Crippen molar-refractivity contribution in [3.05, 3.63) is 39.4 Å². The number of nitro groups is 1. The molecule has 0 bridgehead atoms. The van der Waals surface area contributed by atoms with Gasteiger partial charge in [0.15, 0.2) is 6.10 Å². The van der Waals surface area contributed by atoms with Crippen molar-refractivity contribution in [2.24, 2.45) is 0 Å². The number of rotatable bonds is 5. The van der Waals surface area contributed by atoms with E-state index >= 15 is 0 Å². The predicted molar refractivity (Wildman–Crippen MR) is 92.4 cm³/mol. The van der Waals surface area contributed by atoms with Gasteiger partial charge in [0.05, 0.1) is 10.5 Å². The number of ether oxygens (including phenoxy) is 1. The Morgan fingerprint density at radius 3 is 2.48 bits per heavy atom. The van der Waals surface area contributed by atoms with Crippen molar-refractivity contribution in [2.45, 2.75) is 58.1 Å². The maximum Gasteiger partial charge on any atom is 0.338 e. The molecular formula is C18H24N2O5. The van der Waals surface area contributed by atoms with Crippen LogP contribution in [0.25, 0.3) is 0 Å². The van der Waals surface area contributed by atoms with Crippen LogP contribution < -0.4 is 0 Å². The van der Waals surface area contributed by atoms with Gasteiger partial charge in [0.1, 0.15) is 0 Å². The van der Waals surface area contributed by atoms with Crippen LogP contribution in [0.5, 0.6) is 0 Å².